The van der Waals surface area contributed by atoms with Crippen LogP contribution < -0.4 is 0 Å². The lowest BCUT2D eigenvalue weighted by Crippen LogP contribution is -2.04. The summed E-state index contributed by atoms with van der Waals surface area (Å²) in [4.78, 5) is 4.28. The maximum Gasteiger partial charge on any atom is 0.416 e. The first-order chi connectivity index (χ1) is 8.00. The van der Waals surface area contributed by atoms with Crippen LogP contribution in [0.5, 0.6) is 0 Å². The van der Waals surface area contributed by atoms with Crippen molar-refractivity contribution in [2.45, 2.75) is 25.1 Å². The Kier molecular flexibility index (Phi) is 3.09. The minimum Gasteiger partial charge on any atom is -0.484 e. The van der Waals surface area contributed by atoms with Crippen LogP contribution in [-0.2, 0) is 10.9 Å². The summed E-state index contributed by atoms with van der Waals surface area (Å²) < 4.78 is 42.1. The molecule has 1 aromatic rings. The number of rotatable bonds is 1. The summed E-state index contributed by atoms with van der Waals surface area (Å²) in [6, 6.07) is 5.07. The van der Waals surface area contributed by atoms with Crippen LogP contribution in [0.15, 0.2) is 29.3 Å². The number of ether oxygens (including phenoxy) is 1. The van der Waals surface area contributed by atoms with Crippen molar-refractivity contribution in [3.63, 3.8) is 0 Å². The highest BCUT2D eigenvalue weighted by molar-refractivity contribution is 5.78. The molecule has 0 aliphatic carbocycles. The predicted molar refractivity (Wildman–Crippen MR) is 57.9 cm³/mol. The molecule has 0 N–H and O–H groups in total. The van der Waals surface area contributed by atoms with Gasteiger partial charge in [-0.25, -0.2) is 4.99 Å². The molecule has 0 radical (unpaired) electrons. The van der Waals surface area contributed by atoms with Gasteiger partial charge in [0.15, 0.2) is 5.90 Å². The fraction of sp³-hybridized carbons (Fsp3) is 0.417. The zero-order valence-electron chi connectivity index (χ0n) is 9.29. The Morgan fingerprint density at radius 2 is 1.88 bits per heavy atom. The number of hydrogen-bond donors (Lipinski definition) is 0. The fourth-order valence-corrected chi connectivity index (χ4v) is 1.85. The SMILES string of the molecule is COC1=NC(c2ccc(C(F)(F)F)cc2)CC1. The van der Waals surface area contributed by atoms with E-state index < -0.39 is 11.7 Å². The highest BCUT2D eigenvalue weighted by Crippen LogP contribution is 2.33. The molecule has 5 heteroatoms. The summed E-state index contributed by atoms with van der Waals surface area (Å²) in [7, 11) is 1.55. The van der Waals surface area contributed by atoms with Crippen molar-refractivity contribution in [3.8, 4) is 0 Å². The van der Waals surface area contributed by atoms with Crippen molar-refractivity contribution in [2.24, 2.45) is 4.99 Å². The van der Waals surface area contributed by atoms with Crippen molar-refractivity contribution in [1.29, 1.82) is 0 Å². The number of hydrogen-bond acceptors (Lipinski definition) is 2. The second kappa shape index (κ2) is 4.39. The quantitative estimate of drug-likeness (QED) is 0.738. The third-order valence-electron chi connectivity index (χ3n) is 2.79. The Hall–Kier alpha value is -1.52. The predicted octanol–water partition coefficient (Wildman–Crippen LogP) is 3.59. The van der Waals surface area contributed by atoms with E-state index in [0.717, 1.165) is 30.5 Å². The van der Waals surface area contributed by atoms with Gasteiger partial charge in [0.2, 0.25) is 0 Å². The Bertz CT molecular complexity index is 422. The summed E-state index contributed by atoms with van der Waals surface area (Å²) in [6.07, 6.45) is -2.76. The summed E-state index contributed by atoms with van der Waals surface area (Å²) in [6.45, 7) is 0. The van der Waals surface area contributed by atoms with Gasteiger partial charge in [-0.15, -0.1) is 0 Å². The van der Waals surface area contributed by atoms with E-state index >= 15 is 0 Å². The fourth-order valence-electron chi connectivity index (χ4n) is 1.85. The van der Waals surface area contributed by atoms with Crippen LogP contribution in [-0.4, -0.2) is 13.0 Å². The first-order valence-corrected chi connectivity index (χ1v) is 5.28. The van der Waals surface area contributed by atoms with E-state index in [9.17, 15) is 13.2 Å². The van der Waals surface area contributed by atoms with Crippen LogP contribution in [0.2, 0.25) is 0 Å². The molecule has 0 fully saturated rings. The molecule has 1 heterocycles. The van der Waals surface area contributed by atoms with E-state index in [1.807, 2.05) is 0 Å². The van der Waals surface area contributed by atoms with E-state index in [0.29, 0.717) is 5.90 Å². The minimum absolute atomic E-state index is 0.0766. The highest BCUT2D eigenvalue weighted by atomic mass is 19.4. The molecule has 0 spiro atoms. The summed E-state index contributed by atoms with van der Waals surface area (Å²) >= 11 is 0. The lowest BCUT2D eigenvalue weighted by molar-refractivity contribution is -0.137. The first-order valence-electron chi connectivity index (χ1n) is 5.28. The van der Waals surface area contributed by atoms with Gasteiger partial charge in [-0.05, 0) is 24.1 Å². The van der Waals surface area contributed by atoms with Gasteiger partial charge >= 0.3 is 6.18 Å². The molecule has 1 aromatic carbocycles. The molecule has 17 heavy (non-hydrogen) atoms. The molecule has 1 unspecified atom stereocenters. The number of nitrogens with zero attached hydrogens (tertiary/aromatic N) is 1. The average molecular weight is 243 g/mol. The third kappa shape index (κ3) is 2.60. The van der Waals surface area contributed by atoms with E-state index in [4.69, 9.17) is 4.74 Å². The molecule has 0 amide bonds. The van der Waals surface area contributed by atoms with Crippen LogP contribution >= 0.6 is 0 Å². The van der Waals surface area contributed by atoms with Crippen molar-refractivity contribution in [2.75, 3.05) is 7.11 Å². The second-order valence-electron chi connectivity index (χ2n) is 3.90. The van der Waals surface area contributed by atoms with E-state index in [1.165, 1.54) is 12.1 Å². The van der Waals surface area contributed by atoms with Crippen LogP contribution in [0, 0.1) is 0 Å². The maximum absolute atomic E-state index is 12.4. The van der Waals surface area contributed by atoms with Crippen molar-refractivity contribution >= 4 is 5.90 Å². The summed E-state index contributed by atoms with van der Waals surface area (Å²) in [5.41, 5.74) is 0.167. The monoisotopic (exact) mass is 243 g/mol. The van der Waals surface area contributed by atoms with Crippen molar-refractivity contribution in [3.05, 3.63) is 35.4 Å². The van der Waals surface area contributed by atoms with E-state index in [1.54, 1.807) is 7.11 Å². The van der Waals surface area contributed by atoms with Gasteiger partial charge in [-0.3, -0.25) is 0 Å². The van der Waals surface area contributed by atoms with Crippen LogP contribution in [0.1, 0.15) is 30.0 Å². The summed E-state index contributed by atoms with van der Waals surface area (Å²) in [5, 5.41) is 0. The lowest BCUT2D eigenvalue weighted by atomic mass is 10.0. The topological polar surface area (TPSA) is 21.6 Å². The van der Waals surface area contributed by atoms with Crippen LogP contribution in [0.25, 0.3) is 0 Å². The van der Waals surface area contributed by atoms with Gasteiger partial charge in [0.25, 0.3) is 0 Å². The molecule has 0 bridgehead atoms. The van der Waals surface area contributed by atoms with Crippen molar-refractivity contribution in [1.82, 2.24) is 0 Å². The van der Waals surface area contributed by atoms with Gasteiger partial charge in [0.05, 0.1) is 18.7 Å². The zero-order chi connectivity index (χ0) is 12.5. The molecule has 2 nitrogen and oxygen atoms in total. The Morgan fingerprint density at radius 1 is 1.24 bits per heavy atom. The largest absolute Gasteiger partial charge is 0.484 e. The van der Waals surface area contributed by atoms with E-state index in [2.05, 4.69) is 4.99 Å². The van der Waals surface area contributed by atoms with E-state index in [-0.39, 0.29) is 6.04 Å². The summed E-state index contributed by atoms with van der Waals surface area (Å²) in [5.74, 6) is 0.662. The molecule has 0 saturated heterocycles. The van der Waals surface area contributed by atoms with Gasteiger partial charge in [0.1, 0.15) is 0 Å². The van der Waals surface area contributed by atoms with Gasteiger partial charge in [-0.1, -0.05) is 12.1 Å². The maximum atomic E-state index is 12.4. The van der Waals surface area contributed by atoms with Crippen LogP contribution in [0.4, 0.5) is 13.2 Å². The number of halogens is 3. The molecule has 0 saturated carbocycles. The van der Waals surface area contributed by atoms with Gasteiger partial charge in [-0.2, -0.15) is 13.2 Å². The van der Waals surface area contributed by atoms with Gasteiger partial charge < -0.3 is 4.74 Å². The molecular weight excluding hydrogens is 231 g/mol. The average Bonchev–Trinajstić information content (AvgIpc) is 2.76. The third-order valence-corrected chi connectivity index (χ3v) is 2.79. The Balaban J connectivity index is 2.17. The number of alkyl halides is 3. The first kappa shape index (κ1) is 12.0. The minimum atomic E-state index is -4.28. The Morgan fingerprint density at radius 3 is 2.35 bits per heavy atom. The lowest BCUT2D eigenvalue weighted by Gasteiger charge is -2.09. The molecule has 2 rings (SSSR count). The highest BCUT2D eigenvalue weighted by Gasteiger charge is 2.30. The molecule has 1 atom stereocenters. The van der Waals surface area contributed by atoms with Crippen LogP contribution in [0.3, 0.4) is 0 Å². The standard InChI is InChI=1S/C12H12F3NO/c1-17-11-7-6-10(16-11)8-2-4-9(5-3-8)12(13,14)15/h2-5,10H,6-7H2,1H3. The Labute approximate surface area is 97.1 Å². The number of methoxy groups -OCH3 is 1. The zero-order valence-corrected chi connectivity index (χ0v) is 9.29. The molecule has 92 valence electrons. The molecule has 0 aromatic heterocycles. The molecular formula is C12H12F3NO. The normalized spacial score (nSPS) is 20.2. The van der Waals surface area contributed by atoms with Gasteiger partial charge in [0, 0.05) is 6.42 Å². The second-order valence-corrected chi connectivity index (χ2v) is 3.90. The smallest absolute Gasteiger partial charge is 0.416 e. The number of aliphatic imine (C=N–C) groups is 1. The molecule has 1 aliphatic heterocycles. The molecule has 1 aliphatic rings. The number of benzene rings is 1. The van der Waals surface area contributed by atoms with Crippen molar-refractivity contribution < 1.29 is 17.9 Å².